The van der Waals surface area contributed by atoms with Gasteiger partial charge in [-0.15, -0.1) is 0 Å². The van der Waals surface area contributed by atoms with Gasteiger partial charge in [-0.1, -0.05) is 48.0 Å². The van der Waals surface area contributed by atoms with E-state index in [0.29, 0.717) is 12.0 Å². The second-order valence-corrected chi connectivity index (χ2v) is 8.35. The second-order valence-electron chi connectivity index (χ2n) is 6.97. The molecule has 1 saturated carbocycles. The molecule has 0 heterocycles. The highest BCUT2D eigenvalue weighted by Crippen LogP contribution is 2.54. The molecular weight excluding hydrogens is 367 g/mol. The average Bonchev–Trinajstić information content (AvgIpc) is 2.69. The lowest BCUT2D eigenvalue weighted by atomic mass is 9.69. The quantitative estimate of drug-likeness (QED) is 0.415. The Hall–Kier alpha value is -1.07. The summed E-state index contributed by atoms with van der Waals surface area (Å²) in [4.78, 5) is 37.0. The smallest absolute Gasteiger partial charge is 0.323 e. The molecule has 0 aliphatic heterocycles. The van der Waals surface area contributed by atoms with E-state index in [0.717, 1.165) is 37.7 Å². The van der Waals surface area contributed by atoms with Crippen LogP contribution in [0, 0.1) is 11.3 Å². The third-order valence-electron chi connectivity index (χ3n) is 5.27. The number of ether oxygens (including phenoxy) is 2. The zero-order chi connectivity index (χ0) is 18.8. The number of alkyl halides is 2. The first-order valence-corrected chi connectivity index (χ1v) is 9.27. The number of Topliss-reactive ketones (excluding diaryl/α,β-unsaturated/α-hetero) is 1. The largest absolute Gasteiger partial charge is 0.468 e. The van der Waals surface area contributed by atoms with Gasteiger partial charge >= 0.3 is 11.9 Å². The van der Waals surface area contributed by atoms with Crippen LogP contribution in [0.3, 0.4) is 0 Å². The minimum Gasteiger partial charge on any atom is -0.468 e. The molecular formula is C18H24Cl2O5. The van der Waals surface area contributed by atoms with E-state index in [1.807, 2.05) is 0 Å². The molecule has 1 unspecified atom stereocenters. The van der Waals surface area contributed by atoms with Crippen molar-refractivity contribution < 1.29 is 23.9 Å². The van der Waals surface area contributed by atoms with Crippen molar-refractivity contribution >= 4 is 40.9 Å². The van der Waals surface area contributed by atoms with Crippen molar-refractivity contribution in [3.63, 3.8) is 0 Å². The minimum atomic E-state index is -1.50. The van der Waals surface area contributed by atoms with Crippen LogP contribution in [-0.4, -0.2) is 36.3 Å². The van der Waals surface area contributed by atoms with Gasteiger partial charge in [-0.05, 0) is 32.6 Å². The van der Waals surface area contributed by atoms with E-state index in [-0.39, 0.29) is 18.1 Å². The molecule has 0 aromatic heterocycles. The predicted molar refractivity (Wildman–Crippen MR) is 94.4 cm³/mol. The van der Waals surface area contributed by atoms with E-state index in [4.69, 9.17) is 32.7 Å². The molecule has 1 atom stereocenters. The van der Waals surface area contributed by atoms with Crippen molar-refractivity contribution in [2.45, 2.75) is 56.2 Å². The van der Waals surface area contributed by atoms with Gasteiger partial charge < -0.3 is 9.47 Å². The molecule has 7 heteroatoms. The van der Waals surface area contributed by atoms with Crippen LogP contribution in [0.4, 0.5) is 0 Å². The number of ketones is 1. The molecule has 0 radical (unpaired) electrons. The molecule has 0 N–H and O–H groups in total. The van der Waals surface area contributed by atoms with E-state index >= 15 is 0 Å². The van der Waals surface area contributed by atoms with Crippen LogP contribution in [0.5, 0.6) is 0 Å². The number of fused-ring (bicyclic) bond motifs is 1. The number of halogens is 2. The predicted octanol–water partition coefficient (Wildman–Crippen LogP) is 3.75. The fraction of sp³-hybridized carbons (Fsp3) is 0.722. The molecule has 25 heavy (non-hydrogen) atoms. The summed E-state index contributed by atoms with van der Waals surface area (Å²) in [6, 6.07) is 0. The van der Waals surface area contributed by atoms with Crippen molar-refractivity contribution in [1.82, 2.24) is 0 Å². The van der Waals surface area contributed by atoms with Gasteiger partial charge in [0.15, 0.2) is 15.5 Å². The van der Waals surface area contributed by atoms with Crippen molar-refractivity contribution in [2.24, 2.45) is 11.3 Å². The average molecular weight is 391 g/mol. The van der Waals surface area contributed by atoms with Gasteiger partial charge in [0.2, 0.25) is 0 Å². The molecule has 0 amide bonds. The Kier molecular flexibility index (Phi) is 6.21. The Balaban J connectivity index is 2.44. The molecule has 140 valence electrons. The molecule has 2 aliphatic rings. The zero-order valence-corrected chi connectivity index (χ0v) is 16.3. The molecule has 5 nitrogen and oxygen atoms in total. The van der Waals surface area contributed by atoms with Crippen LogP contribution in [0.1, 0.15) is 51.9 Å². The summed E-state index contributed by atoms with van der Waals surface area (Å²) in [5.41, 5.74) is -0.139. The number of esters is 2. The van der Waals surface area contributed by atoms with Gasteiger partial charge in [0, 0.05) is 11.5 Å². The number of carbonyl (C=O) groups excluding carboxylic acids is 3. The molecule has 0 aromatic rings. The fourth-order valence-electron chi connectivity index (χ4n) is 3.80. The highest BCUT2D eigenvalue weighted by molar-refractivity contribution is 6.63. The van der Waals surface area contributed by atoms with E-state index in [9.17, 15) is 14.4 Å². The van der Waals surface area contributed by atoms with Gasteiger partial charge in [-0.2, -0.15) is 0 Å². The zero-order valence-electron chi connectivity index (χ0n) is 14.8. The summed E-state index contributed by atoms with van der Waals surface area (Å²) in [5, 5.41) is 0. The number of allylic oxidation sites excluding steroid dienone is 2. The van der Waals surface area contributed by atoms with E-state index in [1.54, 1.807) is 0 Å². The standard InChI is InChI=1S/C18H24Cl2O5/c1-17(15(22)24-2,16(23)25-3)10-11-8-6-4-5-7-9-12-13(11)14(21)18(12,19)20/h12H,4-10H2,1-3H3/b13-11-. The Morgan fingerprint density at radius 3 is 2.24 bits per heavy atom. The highest BCUT2D eigenvalue weighted by Gasteiger charge is 2.58. The van der Waals surface area contributed by atoms with Crippen molar-refractivity contribution in [1.29, 1.82) is 0 Å². The molecule has 2 aliphatic carbocycles. The number of methoxy groups -OCH3 is 2. The number of hydrogen-bond donors (Lipinski definition) is 0. The monoisotopic (exact) mass is 390 g/mol. The first-order valence-electron chi connectivity index (χ1n) is 8.51. The van der Waals surface area contributed by atoms with Gasteiger partial charge in [0.05, 0.1) is 14.2 Å². The first-order chi connectivity index (χ1) is 11.7. The van der Waals surface area contributed by atoms with Gasteiger partial charge in [-0.3, -0.25) is 14.4 Å². The van der Waals surface area contributed by atoms with Crippen LogP contribution >= 0.6 is 23.2 Å². The Morgan fingerprint density at radius 2 is 1.68 bits per heavy atom. The highest BCUT2D eigenvalue weighted by atomic mass is 35.5. The maximum absolute atomic E-state index is 12.5. The lowest BCUT2D eigenvalue weighted by molar-refractivity contribution is -0.167. The van der Waals surface area contributed by atoms with Crippen LogP contribution < -0.4 is 0 Å². The molecule has 0 bridgehead atoms. The van der Waals surface area contributed by atoms with Crippen LogP contribution in [0.15, 0.2) is 11.1 Å². The summed E-state index contributed by atoms with van der Waals surface area (Å²) in [6.45, 7) is 1.48. The molecule has 0 saturated heterocycles. The van der Waals surface area contributed by atoms with Crippen LogP contribution in [-0.2, 0) is 23.9 Å². The van der Waals surface area contributed by atoms with Crippen molar-refractivity contribution in [2.75, 3.05) is 14.2 Å². The fourth-order valence-corrected chi connectivity index (χ4v) is 4.44. The SMILES string of the molecule is COC(=O)C(C)(C/C1=C2\C(=O)C(Cl)(Cl)C2CCCCCC1)C(=O)OC. The molecule has 1 fully saturated rings. The van der Waals surface area contributed by atoms with Crippen molar-refractivity contribution in [3.8, 4) is 0 Å². The lowest BCUT2D eigenvalue weighted by Gasteiger charge is -2.43. The van der Waals surface area contributed by atoms with Gasteiger partial charge in [0.25, 0.3) is 0 Å². The summed E-state index contributed by atoms with van der Waals surface area (Å²) in [6.07, 6.45) is 5.32. The maximum atomic E-state index is 12.5. The first kappa shape index (κ1) is 20.2. The Morgan fingerprint density at radius 1 is 1.12 bits per heavy atom. The molecule has 0 aromatic carbocycles. The summed E-state index contributed by atoms with van der Waals surface area (Å²) < 4.78 is 8.21. The van der Waals surface area contributed by atoms with E-state index in [2.05, 4.69) is 0 Å². The summed E-state index contributed by atoms with van der Waals surface area (Å²) in [7, 11) is 2.45. The normalized spacial score (nSPS) is 26.4. The topological polar surface area (TPSA) is 69.7 Å². The third-order valence-corrected chi connectivity index (χ3v) is 6.14. The van der Waals surface area contributed by atoms with Gasteiger partial charge in [0.1, 0.15) is 0 Å². The van der Waals surface area contributed by atoms with Crippen molar-refractivity contribution in [3.05, 3.63) is 11.1 Å². The molecule has 2 rings (SSSR count). The number of rotatable bonds is 4. The number of hydrogen-bond acceptors (Lipinski definition) is 5. The van der Waals surface area contributed by atoms with Crippen LogP contribution in [0.25, 0.3) is 0 Å². The summed E-state index contributed by atoms with van der Waals surface area (Å²) >= 11 is 12.4. The number of carbonyl (C=O) groups is 3. The van der Waals surface area contributed by atoms with E-state index < -0.39 is 21.7 Å². The van der Waals surface area contributed by atoms with Gasteiger partial charge in [-0.25, -0.2) is 0 Å². The maximum Gasteiger partial charge on any atom is 0.323 e. The Labute approximate surface area is 158 Å². The molecule has 0 spiro atoms. The van der Waals surface area contributed by atoms with E-state index in [1.165, 1.54) is 21.1 Å². The Bertz CT molecular complexity index is 593. The lowest BCUT2D eigenvalue weighted by Crippen LogP contribution is -2.51. The third kappa shape index (κ3) is 3.59. The minimum absolute atomic E-state index is 0.0772. The van der Waals surface area contributed by atoms with Crippen LogP contribution in [0.2, 0.25) is 0 Å². The summed E-state index contributed by atoms with van der Waals surface area (Å²) in [5.74, 6) is -1.93. The second kappa shape index (κ2) is 7.67.